The molecular weight excluding hydrogens is 278 g/mol. The quantitative estimate of drug-likeness (QED) is 0.837. The number of aromatic nitrogens is 1. The molecule has 0 saturated heterocycles. The molecule has 0 spiro atoms. The topological polar surface area (TPSA) is 76.1 Å². The van der Waals surface area contributed by atoms with Crippen molar-refractivity contribution in [3.05, 3.63) is 29.6 Å². The summed E-state index contributed by atoms with van der Waals surface area (Å²) in [6, 6.07) is 1.02. The van der Waals surface area contributed by atoms with Crippen LogP contribution in [0, 0.1) is 11.8 Å². The Hall–Kier alpha value is -1.57. The van der Waals surface area contributed by atoms with Crippen molar-refractivity contribution in [2.75, 3.05) is 12.8 Å². The van der Waals surface area contributed by atoms with Crippen LogP contribution in [0.3, 0.4) is 0 Å². The Labute approximate surface area is 110 Å². The summed E-state index contributed by atoms with van der Waals surface area (Å²) in [4.78, 5) is 14.7. The lowest BCUT2D eigenvalue weighted by molar-refractivity contribution is 0.0945. The Morgan fingerprint density at radius 2 is 2.00 bits per heavy atom. The van der Waals surface area contributed by atoms with E-state index in [4.69, 9.17) is 0 Å². The number of carbonyl (C=O) groups is 1. The highest BCUT2D eigenvalue weighted by molar-refractivity contribution is 7.92. The molecule has 106 valence electrons. The number of sulfone groups is 1. The third kappa shape index (κ3) is 3.46. The van der Waals surface area contributed by atoms with Crippen LogP contribution in [0.2, 0.25) is 0 Å². The van der Waals surface area contributed by atoms with E-state index >= 15 is 0 Å². The Bertz CT molecular complexity index is 600. The molecule has 1 N–H and O–H groups in total. The first-order chi connectivity index (χ1) is 8.56. The van der Waals surface area contributed by atoms with Crippen molar-refractivity contribution >= 4 is 15.7 Å². The van der Waals surface area contributed by atoms with Gasteiger partial charge in [0, 0.05) is 19.0 Å². The van der Waals surface area contributed by atoms with Crippen molar-refractivity contribution in [1.29, 1.82) is 0 Å². The van der Waals surface area contributed by atoms with E-state index in [-0.39, 0.29) is 6.54 Å². The minimum Gasteiger partial charge on any atom is -0.350 e. The summed E-state index contributed by atoms with van der Waals surface area (Å²) in [5.41, 5.74) is -0.517. The summed E-state index contributed by atoms with van der Waals surface area (Å²) in [7, 11) is -3.39. The average Bonchev–Trinajstić information content (AvgIpc) is 2.28. The SMILES string of the molecule is CC(C)(CNC(=O)c1ccnc(F)c1F)S(C)(=O)=O. The predicted octanol–water partition coefficient (Wildman–Crippen LogP) is 0.913. The van der Waals surface area contributed by atoms with Gasteiger partial charge in [-0.1, -0.05) is 0 Å². The minimum atomic E-state index is -3.39. The zero-order chi connectivity index (χ0) is 14.8. The monoisotopic (exact) mass is 292 g/mol. The molecule has 1 aromatic rings. The number of carbonyl (C=O) groups excluding carboxylic acids is 1. The molecule has 0 bridgehead atoms. The molecule has 0 radical (unpaired) electrons. The molecule has 19 heavy (non-hydrogen) atoms. The molecule has 0 fully saturated rings. The largest absolute Gasteiger partial charge is 0.350 e. The van der Waals surface area contributed by atoms with Gasteiger partial charge in [-0.15, -0.1) is 0 Å². The first-order valence-corrected chi connectivity index (χ1v) is 7.23. The summed E-state index contributed by atoms with van der Waals surface area (Å²) in [6.45, 7) is 2.63. The van der Waals surface area contributed by atoms with Gasteiger partial charge in [-0.2, -0.15) is 4.39 Å². The van der Waals surface area contributed by atoms with Gasteiger partial charge in [-0.3, -0.25) is 4.79 Å². The van der Waals surface area contributed by atoms with Crippen LogP contribution in [0.15, 0.2) is 12.3 Å². The zero-order valence-electron chi connectivity index (χ0n) is 10.7. The van der Waals surface area contributed by atoms with Crippen LogP contribution in [0.1, 0.15) is 24.2 Å². The first kappa shape index (κ1) is 15.5. The number of pyridine rings is 1. The van der Waals surface area contributed by atoms with E-state index in [0.717, 1.165) is 18.5 Å². The summed E-state index contributed by atoms with van der Waals surface area (Å²) in [5, 5.41) is 2.26. The summed E-state index contributed by atoms with van der Waals surface area (Å²) in [5.74, 6) is -3.64. The van der Waals surface area contributed by atoms with E-state index in [9.17, 15) is 22.0 Å². The Morgan fingerprint density at radius 1 is 1.42 bits per heavy atom. The molecule has 0 aliphatic heterocycles. The highest BCUT2D eigenvalue weighted by Gasteiger charge is 2.31. The second-order valence-electron chi connectivity index (χ2n) is 4.68. The van der Waals surface area contributed by atoms with Gasteiger partial charge in [0.1, 0.15) is 0 Å². The predicted molar refractivity (Wildman–Crippen MR) is 65.4 cm³/mol. The van der Waals surface area contributed by atoms with Gasteiger partial charge in [0.25, 0.3) is 5.91 Å². The maximum absolute atomic E-state index is 13.3. The highest BCUT2D eigenvalue weighted by Crippen LogP contribution is 2.14. The lowest BCUT2D eigenvalue weighted by Gasteiger charge is -2.22. The lowest BCUT2D eigenvalue weighted by Crippen LogP contribution is -2.44. The fourth-order valence-electron chi connectivity index (χ4n) is 1.11. The molecule has 0 saturated carbocycles. The molecule has 0 atom stereocenters. The fourth-order valence-corrected chi connectivity index (χ4v) is 1.45. The van der Waals surface area contributed by atoms with Gasteiger partial charge in [-0.05, 0) is 19.9 Å². The van der Waals surface area contributed by atoms with Crippen molar-refractivity contribution in [3.63, 3.8) is 0 Å². The molecule has 1 heterocycles. The van der Waals surface area contributed by atoms with Crippen LogP contribution < -0.4 is 5.32 Å². The van der Waals surface area contributed by atoms with E-state index in [2.05, 4.69) is 10.3 Å². The minimum absolute atomic E-state index is 0.214. The number of hydrogen-bond donors (Lipinski definition) is 1. The van der Waals surface area contributed by atoms with Crippen molar-refractivity contribution in [3.8, 4) is 0 Å². The second kappa shape index (κ2) is 5.20. The van der Waals surface area contributed by atoms with Crippen LogP contribution >= 0.6 is 0 Å². The molecule has 1 rings (SSSR count). The maximum Gasteiger partial charge on any atom is 0.254 e. The van der Waals surface area contributed by atoms with Gasteiger partial charge >= 0.3 is 0 Å². The standard InChI is InChI=1S/C11H14F2N2O3S/c1-11(2,19(3,17)18)6-15-10(16)7-4-5-14-9(13)8(7)12/h4-5H,6H2,1-3H3,(H,15,16). The average molecular weight is 292 g/mol. The van der Waals surface area contributed by atoms with E-state index in [1.54, 1.807) is 0 Å². The van der Waals surface area contributed by atoms with Crippen molar-refractivity contribution < 1.29 is 22.0 Å². The Balaban J connectivity index is 2.85. The normalized spacial score (nSPS) is 12.3. The van der Waals surface area contributed by atoms with E-state index in [1.807, 2.05) is 0 Å². The van der Waals surface area contributed by atoms with Gasteiger partial charge < -0.3 is 5.32 Å². The molecule has 0 aliphatic rings. The van der Waals surface area contributed by atoms with E-state index in [1.165, 1.54) is 13.8 Å². The third-order valence-corrected chi connectivity index (χ3v) is 4.92. The molecule has 0 aromatic carbocycles. The molecule has 0 unspecified atom stereocenters. The summed E-state index contributed by atoms with van der Waals surface area (Å²) < 4.78 is 47.8. The molecule has 1 amide bonds. The lowest BCUT2D eigenvalue weighted by atomic mass is 10.2. The number of halogens is 2. The fraction of sp³-hybridized carbons (Fsp3) is 0.455. The van der Waals surface area contributed by atoms with Crippen LogP contribution in [-0.4, -0.2) is 36.9 Å². The van der Waals surface area contributed by atoms with Crippen molar-refractivity contribution in [2.24, 2.45) is 0 Å². The summed E-state index contributed by atoms with van der Waals surface area (Å²) in [6.07, 6.45) is 1.99. The highest BCUT2D eigenvalue weighted by atomic mass is 32.2. The molecule has 1 aromatic heterocycles. The van der Waals surface area contributed by atoms with Gasteiger partial charge in [-0.25, -0.2) is 17.8 Å². The second-order valence-corrected chi connectivity index (χ2v) is 7.33. The van der Waals surface area contributed by atoms with E-state index < -0.39 is 37.8 Å². The Kier molecular flexibility index (Phi) is 4.24. The van der Waals surface area contributed by atoms with Crippen LogP contribution in [0.4, 0.5) is 8.78 Å². The number of amides is 1. The van der Waals surface area contributed by atoms with Crippen LogP contribution in [0.5, 0.6) is 0 Å². The van der Waals surface area contributed by atoms with Crippen molar-refractivity contribution in [2.45, 2.75) is 18.6 Å². The van der Waals surface area contributed by atoms with E-state index in [0.29, 0.717) is 0 Å². The van der Waals surface area contributed by atoms with Gasteiger partial charge in [0.2, 0.25) is 5.95 Å². The first-order valence-electron chi connectivity index (χ1n) is 5.34. The Morgan fingerprint density at radius 3 is 2.53 bits per heavy atom. The van der Waals surface area contributed by atoms with Crippen LogP contribution in [-0.2, 0) is 9.84 Å². The van der Waals surface area contributed by atoms with Gasteiger partial charge in [0.15, 0.2) is 15.7 Å². The smallest absolute Gasteiger partial charge is 0.254 e. The van der Waals surface area contributed by atoms with Crippen LogP contribution in [0.25, 0.3) is 0 Å². The molecule has 5 nitrogen and oxygen atoms in total. The molecular formula is C11H14F2N2O3S. The number of nitrogens with one attached hydrogen (secondary N) is 1. The number of rotatable bonds is 4. The van der Waals surface area contributed by atoms with Gasteiger partial charge in [0.05, 0.1) is 10.3 Å². The summed E-state index contributed by atoms with van der Waals surface area (Å²) >= 11 is 0. The molecule has 8 heteroatoms. The molecule has 0 aliphatic carbocycles. The maximum atomic E-state index is 13.3. The number of nitrogens with zero attached hydrogens (tertiary/aromatic N) is 1. The van der Waals surface area contributed by atoms with Crippen molar-refractivity contribution in [1.82, 2.24) is 10.3 Å². The zero-order valence-corrected chi connectivity index (χ0v) is 11.5. The number of hydrogen-bond acceptors (Lipinski definition) is 4. The third-order valence-electron chi connectivity index (χ3n) is 2.77.